The molecule has 0 aliphatic rings. The Kier molecular flexibility index (Phi) is 3.82. The lowest BCUT2D eigenvalue weighted by Gasteiger charge is -2.02. The van der Waals surface area contributed by atoms with Gasteiger partial charge in [0.05, 0.1) is 12.0 Å². The Labute approximate surface area is 92.2 Å². The lowest BCUT2D eigenvalue weighted by atomic mass is 10.1. The van der Waals surface area contributed by atoms with E-state index < -0.39 is 4.92 Å². The number of nitro benzene ring substituents is 1. The predicted molar refractivity (Wildman–Crippen MR) is 57.8 cm³/mol. The number of carbonyl (C=O) groups is 1. The molecule has 0 saturated carbocycles. The van der Waals surface area contributed by atoms with Crippen molar-refractivity contribution in [1.29, 1.82) is 0 Å². The van der Waals surface area contributed by atoms with Crippen LogP contribution in [0.4, 0.5) is 11.4 Å². The molecule has 0 fully saturated rings. The van der Waals surface area contributed by atoms with Crippen molar-refractivity contribution in [3.8, 4) is 0 Å². The van der Waals surface area contributed by atoms with Gasteiger partial charge in [-0.15, -0.1) is 0 Å². The van der Waals surface area contributed by atoms with Crippen LogP contribution in [-0.2, 0) is 16.0 Å². The third-order valence-corrected chi connectivity index (χ3v) is 2.14. The number of nitrogens with zero attached hydrogens (tertiary/aromatic N) is 1. The van der Waals surface area contributed by atoms with E-state index >= 15 is 0 Å². The van der Waals surface area contributed by atoms with Crippen LogP contribution in [0, 0.1) is 10.1 Å². The monoisotopic (exact) mass is 224 g/mol. The maximum absolute atomic E-state index is 10.9. The SMILES string of the molecule is COC(=O)CCc1ccc(N)c([N+](=O)[O-])c1. The van der Waals surface area contributed by atoms with E-state index in [1.165, 1.54) is 19.2 Å². The Bertz CT molecular complexity index is 417. The quantitative estimate of drug-likeness (QED) is 0.359. The molecular formula is C10H12N2O4. The number of aryl methyl sites for hydroxylation is 1. The molecule has 0 aromatic heterocycles. The van der Waals surface area contributed by atoms with E-state index in [4.69, 9.17) is 5.73 Å². The smallest absolute Gasteiger partial charge is 0.305 e. The molecular weight excluding hydrogens is 212 g/mol. The summed E-state index contributed by atoms with van der Waals surface area (Å²) in [6, 6.07) is 4.49. The van der Waals surface area contributed by atoms with E-state index in [0.717, 1.165) is 0 Å². The minimum atomic E-state index is -0.545. The zero-order chi connectivity index (χ0) is 12.1. The van der Waals surface area contributed by atoms with Crippen molar-refractivity contribution in [2.24, 2.45) is 0 Å². The molecule has 1 aromatic rings. The minimum Gasteiger partial charge on any atom is -0.469 e. The molecule has 2 N–H and O–H groups in total. The molecule has 6 heteroatoms. The number of rotatable bonds is 4. The van der Waals surface area contributed by atoms with Gasteiger partial charge in [-0.3, -0.25) is 14.9 Å². The number of esters is 1. The van der Waals surface area contributed by atoms with Crippen LogP contribution >= 0.6 is 0 Å². The van der Waals surface area contributed by atoms with Gasteiger partial charge in [-0.1, -0.05) is 6.07 Å². The highest BCUT2D eigenvalue weighted by molar-refractivity contribution is 5.69. The summed E-state index contributed by atoms with van der Waals surface area (Å²) < 4.78 is 4.48. The molecule has 1 aromatic carbocycles. The first-order valence-electron chi connectivity index (χ1n) is 4.64. The summed E-state index contributed by atoms with van der Waals surface area (Å²) in [6.07, 6.45) is 0.589. The largest absolute Gasteiger partial charge is 0.469 e. The molecule has 0 radical (unpaired) electrons. The molecule has 0 aliphatic carbocycles. The van der Waals surface area contributed by atoms with Gasteiger partial charge in [-0.05, 0) is 18.1 Å². The van der Waals surface area contributed by atoms with Crippen LogP contribution in [-0.4, -0.2) is 18.0 Å². The molecule has 0 spiro atoms. The maximum Gasteiger partial charge on any atom is 0.305 e. The third kappa shape index (κ3) is 2.94. The van der Waals surface area contributed by atoms with Gasteiger partial charge in [0, 0.05) is 12.5 Å². The normalized spacial score (nSPS) is 9.81. The highest BCUT2D eigenvalue weighted by Gasteiger charge is 2.12. The van der Waals surface area contributed by atoms with Crippen LogP contribution < -0.4 is 5.73 Å². The van der Waals surface area contributed by atoms with Crippen molar-refractivity contribution >= 4 is 17.3 Å². The fourth-order valence-electron chi connectivity index (χ4n) is 1.25. The second-order valence-electron chi connectivity index (χ2n) is 3.23. The number of ether oxygens (including phenoxy) is 1. The van der Waals surface area contributed by atoms with Gasteiger partial charge in [0.15, 0.2) is 0 Å². The van der Waals surface area contributed by atoms with Gasteiger partial charge in [-0.2, -0.15) is 0 Å². The lowest BCUT2D eigenvalue weighted by molar-refractivity contribution is -0.384. The van der Waals surface area contributed by atoms with Crippen molar-refractivity contribution in [3.05, 3.63) is 33.9 Å². The second kappa shape index (κ2) is 5.11. The first-order chi connectivity index (χ1) is 7.54. The lowest BCUT2D eigenvalue weighted by Crippen LogP contribution is -2.03. The van der Waals surface area contributed by atoms with Crippen molar-refractivity contribution < 1.29 is 14.5 Å². The van der Waals surface area contributed by atoms with Gasteiger partial charge >= 0.3 is 5.97 Å². The van der Waals surface area contributed by atoms with Gasteiger partial charge in [0.1, 0.15) is 5.69 Å². The van der Waals surface area contributed by atoms with E-state index in [2.05, 4.69) is 4.74 Å². The number of hydrogen-bond acceptors (Lipinski definition) is 5. The molecule has 0 amide bonds. The van der Waals surface area contributed by atoms with E-state index in [9.17, 15) is 14.9 Å². The summed E-state index contributed by atoms with van der Waals surface area (Å²) in [6.45, 7) is 0. The zero-order valence-corrected chi connectivity index (χ0v) is 8.80. The third-order valence-electron chi connectivity index (χ3n) is 2.14. The molecule has 1 rings (SSSR count). The highest BCUT2D eigenvalue weighted by Crippen LogP contribution is 2.22. The fraction of sp³-hybridized carbons (Fsp3) is 0.300. The summed E-state index contributed by atoms with van der Waals surface area (Å²) in [7, 11) is 1.30. The van der Waals surface area contributed by atoms with E-state index in [0.29, 0.717) is 12.0 Å². The average Bonchev–Trinajstić information content (AvgIpc) is 2.27. The Morgan fingerprint density at radius 3 is 2.81 bits per heavy atom. The predicted octanol–water partition coefficient (Wildman–Crippen LogP) is 1.28. The van der Waals surface area contributed by atoms with E-state index in [-0.39, 0.29) is 23.8 Å². The number of nitrogens with two attached hydrogens (primary N) is 1. The zero-order valence-electron chi connectivity index (χ0n) is 8.80. The number of carbonyl (C=O) groups excluding carboxylic acids is 1. The fourth-order valence-corrected chi connectivity index (χ4v) is 1.25. The molecule has 0 saturated heterocycles. The van der Waals surface area contributed by atoms with Crippen LogP contribution in [0.15, 0.2) is 18.2 Å². The highest BCUT2D eigenvalue weighted by atomic mass is 16.6. The summed E-state index contributed by atoms with van der Waals surface area (Å²) in [5.41, 5.74) is 6.11. The van der Waals surface area contributed by atoms with Gasteiger partial charge in [0.2, 0.25) is 0 Å². The van der Waals surface area contributed by atoms with Crippen LogP contribution in [0.2, 0.25) is 0 Å². The summed E-state index contributed by atoms with van der Waals surface area (Å²) >= 11 is 0. The Morgan fingerprint density at radius 2 is 2.25 bits per heavy atom. The molecule has 16 heavy (non-hydrogen) atoms. The van der Waals surface area contributed by atoms with Crippen molar-refractivity contribution in [3.63, 3.8) is 0 Å². The first-order valence-corrected chi connectivity index (χ1v) is 4.64. The molecule has 0 unspecified atom stereocenters. The number of nitrogen functional groups attached to an aromatic ring is 1. The molecule has 0 heterocycles. The van der Waals surface area contributed by atoms with Gasteiger partial charge < -0.3 is 10.5 Å². The summed E-state index contributed by atoms with van der Waals surface area (Å²) in [4.78, 5) is 20.9. The topological polar surface area (TPSA) is 95.5 Å². The number of methoxy groups -OCH3 is 1. The number of nitro groups is 1. The molecule has 6 nitrogen and oxygen atoms in total. The van der Waals surface area contributed by atoms with Crippen LogP contribution in [0.3, 0.4) is 0 Å². The van der Waals surface area contributed by atoms with E-state index in [1.54, 1.807) is 6.07 Å². The maximum atomic E-state index is 10.9. The van der Waals surface area contributed by atoms with E-state index in [1.807, 2.05) is 0 Å². The van der Waals surface area contributed by atoms with Crippen LogP contribution in [0.5, 0.6) is 0 Å². The Balaban J connectivity index is 2.79. The first kappa shape index (κ1) is 12.0. The summed E-state index contributed by atoms with van der Waals surface area (Å²) in [5, 5.41) is 10.6. The van der Waals surface area contributed by atoms with Gasteiger partial charge in [0.25, 0.3) is 5.69 Å². The second-order valence-corrected chi connectivity index (χ2v) is 3.23. The average molecular weight is 224 g/mol. The number of benzene rings is 1. The van der Waals surface area contributed by atoms with Crippen molar-refractivity contribution in [2.45, 2.75) is 12.8 Å². The van der Waals surface area contributed by atoms with Gasteiger partial charge in [-0.25, -0.2) is 0 Å². The van der Waals surface area contributed by atoms with Crippen LogP contribution in [0.25, 0.3) is 0 Å². The summed E-state index contributed by atoms with van der Waals surface area (Å²) in [5.74, 6) is -0.348. The molecule has 86 valence electrons. The van der Waals surface area contributed by atoms with Crippen molar-refractivity contribution in [1.82, 2.24) is 0 Å². The standard InChI is InChI=1S/C10H12N2O4/c1-16-10(13)5-3-7-2-4-8(11)9(6-7)12(14)15/h2,4,6H,3,5,11H2,1H3. The number of anilines is 1. The Morgan fingerprint density at radius 1 is 1.56 bits per heavy atom. The minimum absolute atomic E-state index is 0.117. The van der Waals surface area contributed by atoms with Crippen LogP contribution in [0.1, 0.15) is 12.0 Å². The van der Waals surface area contributed by atoms with Crippen molar-refractivity contribution in [2.75, 3.05) is 12.8 Å². The Hall–Kier alpha value is -2.11. The number of hydrogen-bond donors (Lipinski definition) is 1. The molecule has 0 bridgehead atoms. The molecule has 0 aliphatic heterocycles. The molecule has 0 atom stereocenters.